The van der Waals surface area contributed by atoms with E-state index in [2.05, 4.69) is 17.3 Å². The lowest BCUT2D eigenvalue weighted by molar-refractivity contribution is -0.121. The molecule has 2 saturated heterocycles. The first-order valence-corrected chi connectivity index (χ1v) is 10.9. The van der Waals surface area contributed by atoms with Crippen molar-refractivity contribution in [2.45, 2.75) is 31.7 Å². The Morgan fingerprint density at radius 1 is 1.27 bits per heavy atom. The minimum atomic E-state index is -3.32. The highest BCUT2D eigenvalue weighted by molar-refractivity contribution is 7.89. The van der Waals surface area contributed by atoms with E-state index in [1.165, 1.54) is 6.92 Å². The highest BCUT2D eigenvalue weighted by Crippen LogP contribution is 2.36. The van der Waals surface area contributed by atoms with Crippen LogP contribution in [0, 0.1) is 5.92 Å². The van der Waals surface area contributed by atoms with Crippen molar-refractivity contribution in [2.75, 3.05) is 39.0 Å². The molecule has 2 heterocycles. The fourth-order valence-electron chi connectivity index (χ4n) is 4.30. The van der Waals surface area contributed by atoms with Crippen LogP contribution < -0.4 is 5.32 Å². The molecule has 3 rings (SSSR count). The van der Waals surface area contributed by atoms with Gasteiger partial charge >= 0.3 is 0 Å². The average Bonchev–Trinajstić information content (AvgIpc) is 2.94. The molecule has 0 aliphatic carbocycles. The molecule has 0 aromatic heterocycles. The van der Waals surface area contributed by atoms with Crippen LogP contribution in [-0.4, -0.2) is 68.0 Å². The second-order valence-corrected chi connectivity index (χ2v) is 9.83. The van der Waals surface area contributed by atoms with Crippen molar-refractivity contribution in [2.24, 2.45) is 5.92 Å². The molecule has 1 amide bonds. The van der Waals surface area contributed by atoms with Crippen molar-refractivity contribution in [3.8, 4) is 0 Å². The van der Waals surface area contributed by atoms with E-state index in [4.69, 9.17) is 0 Å². The summed E-state index contributed by atoms with van der Waals surface area (Å²) in [5.41, 5.74) is 0.749. The molecule has 1 N–H and O–H groups in total. The number of hydrogen-bond acceptors (Lipinski definition) is 4. The highest BCUT2D eigenvalue weighted by atomic mass is 32.2. The van der Waals surface area contributed by atoms with E-state index in [1.807, 2.05) is 30.3 Å². The summed E-state index contributed by atoms with van der Waals surface area (Å²) in [6.07, 6.45) is 2.17. The number of sulfonamides is 1. The van der Waals surface area contributed by atoms with Crippen molar-refractivity contribution in [1.82, 2.24) is 14.5 Å². The zero-order valence-corrected chi connectivity index (χ0v) is 16.5. The van der Waals surface area contributed by atoms with Crippen molar-refractivity contribution < 1.29 is 13.2 Å². The van der Waals surface area contributed by atoms with Crippen LogP contribution in [0.15, 0.2) is 30.3 Å². The van der Waals surface area contributed by atoms with Crippen LogP contribution in [0.3, 0.4) is 0 Å². The SMILES string of the molecule is CC(=O)N[C@@]12CCN(C)C[C@@H]1CN(S(=O)(=O)CCCc1ccccc1)C2. The minimum Gasteiger partial charge on any atom is -0.349 e. The van der Waals surface area contributed by atoms with Gasteiger partial charge in [-0.2, -0.15) is 4.31 Å². The number of carbonyl (C=O) groups excluding carboxylic acids is 1. The highest BCUT2D eigenvalue weighted by Gasteiger charge is 2.52. The van der Waals surface area contributed by atoms with Crippen LogP contribution in [0.25, 0.3) is 0 Å². The van der Waals surface area contributed by atoms with Gasteiger partial charge in [0.05, 0.1) is 11.3 Å². The van der Waals surface area contributed by atoms with Gasteiger partial charge < -0.3 is 10.2 Å². The molecular weight excluding hydrogens is 350 g/mol. The number of amides is 1. The number of carbonyl (C=O) groups is 1. The van der Waals surface area contributed by atoms with Crippen LogP contribution in [-0.2, 0) is 21.2 Å². The maximum Gasteiger partial charge on any atom is 0.217 e. The molecule has 0 spiro atoms. The Labute approximate surface area is 156 Å². The summed E-state index contributed by atoms with van der Waals surface area (Å²) in [5, 5.41) is 3.09. The van der Waals surface area contributed by atoms with E-state index in [-0.39, 0.29) is 17.6 Å². The van der Waals surface area contributed by atoms with Gasteiger partial charge in [0.1, 0.15) is 0 Å². The van der Waals surface area contributed by atoms with E-state index in [1.54, 1.807) is 4.31 Å². The summed E-state index contributed by atoms with van der Waals surface area (Å²) in [6, 6.07) is 9.97. The number of rotatable bonds is 6. The van der Waals surface area contributed by atoms with Crippen LogP contribution in [0.4, 0.5) is 0 Å². The predicted molar refractivity (Wildman–Crippen MR) is 102 cm³/mol. The van der Waals surface area contributed by atoms with E-state index in [0.29, 0.717) is 19.5 Å². The molecule has 1 aromatic rings. The van der Waals surface area contributed by atoms with Crippen LogP contribution in [0.2, 0.25) is 0 Å². The molecule has 0 bridgehead atoms. The lowest BCUT2D eigenvalue weighted by Crippen LogP contribution is -2.60. The number of hydrogen-bond donors (Lipinski definition) is 1. The van der Waals surface area contributed by atoms with Gasteiger partial charge in [-0.15, -0.1) is 0 Å². The summed E-state index contributed by atoms with van der Waals surface area (Å²) >= 11 is 0. The summed E-state index contributed by atoms with van der Waals surface area (Å²) in [6.45, 7) is 4.10. The van der Waals surface area contributed by atoms with Crippen LogP contribution >= 0.6 is 0 Å². The number of nitrogens with one attached hydrogen (secondary N) is 1. The number of likely N-dealkylation sites (tertiary alicyclic amines) is 1. The third-order valence-corrected chi connectivity index (χ3v) is 7.53. The fourth-order valence-corrected chi connectivity index (χ4v) is 5.90. The largest absolute Gasteiger partial charge is 0.349 e. The molecule has 0 unspecified atom stereocenters. The van der Waals surface area contributed by atoms with Gasteiger partial charge in [-0.05, 0) is 31.9 Å². The van der Waals surface area contributed by atoms with Gasteiger partial charge in [0, 0.05) is 39.0 Å². The summed E-state index contributed by atoms with van der Waals surface area (Å²) < 4.78 is 27.4. The van der Waals surface area contributed by atoms with Gasteiger partial charge in [-0.1, -0.05) is 30.3 Å². The maximum absolute atomic E-state index is 12.9. The van der Waals surface area contributed by atoms with Crippen LogP contribution in [0.5, 0.6) is 0 Å². The van der Waals surface area contributed by atoms with Gasteiger partial charge in [-0.3, -0.25) is 4.79 Å². The summed E-state index contributed by atoms with van der Waals surface area (Å²) in [7, 11) is -1.27. The van der Waals surface area contributed by atoms with Gasteiger partial charge in [0.2, 0.25) is 15.9 Å². The van der Waals surface area contributed by atoms with Crippen molar-refractivity contribution in [3.63, 3.8) is 0 Å². The molecule has 26 heavy (non-hydrogen) atoms. The molecule has 144 valence electrons. The van der Waals surface area contributed by atoms with Crippen LogP contribution in [0.1, 0.15) is 25.3 Å². The third-order valence-electron chi connectivity index (χ3n) is 5.66. The Balaban J connectivity index is 1.65. The molecule has 1 aromatic carbocycles. The topological polar surface area (TPSA) is 69.7 Å². The molecule has 6 nitrogen and oxygen atoms in total. The van der Waals surface area contributed by atoms with Gasteiger partial charge in [-0.25, -0.2) is 8.42 Å². The normalized spacial score (nSPS) is 27.2. The second kappa shape index (κ2) is 7.66. The smallest absolute Gasteiger partial charge is 0.217 e. The van der Waals surface area contributed by atoms with E-state index in [9.17, 15) is 13.2 Å². The summed E-state index contributed by atoms with van der Waals surface area (Å²) in [5.74, 6) is 0.220. The second-order valence-electron chi connectivity index (χ2n) is 7.74. The number of fused-ring (bicyclic) bond motifs is 1. The molecule has 2 aliphatic heterocycles. The molecule has 0 saturated carbocycles. The minimum absolute atomic E-state index is 0.0807. The Kier molecular flexibility index (Phi) is 5.69. The zero-order valence-electron chi connectivity index (χ0n) is 15.6. The molecule has 0 radical (unpaired) electrons. The van der Waals surface area contributed by atoms with Crippen molar-refractivity contribution >= 4 is 15.9 Å². The van der Waals surface area contributed by atoms with Gasteiger partial charge in [0.15, 0.2) is 0 Å². The van der Waals surface area contributed by atoms with Gasteiger partial charge in [0.25, 0.3) is 0 Å². The maximum atomic E-state index is 12.9. The standard InChI is InChI=1S/C19H29N3O3S/c1-16(23)20-19-10-11-21(2)13-18(19)14-22(15-19)26(24,25)12-6-9-17-7-4-3-5-8-17/h3-5,7-8,18H,6,9-15H2,1-2H3,(H,20,23)/t18-,19-/m1/s1. The predicted octanol–water partition coefficient (Wildman–Crippen LogP) is 1.09. The first-order chi connectivity index (χ1) is 12.3. The number of nitrogens with zero attached hydrogens (tertiary/aromatic N) is 2. The Morgan fingerprint density at radius 3 is 2.69 bits per heavy atom. The van der Waals surface area contributed by atoms with E-state index < -0.39 is 15.6 Å². The fraction of sp³-hybridized carbons (Fsp3) is 0.632. The lowest BCUT2D eigenvalue weighted by Gasteiger charge is -2.42. The monoisotopic (exact) mass is 379 g/mol. The van der Waals surface area contributed by atoms with Crippen molar-refractivity contribution in [3.05, 3.63) is 35.9 Å². The first-order valence-electron chi connectivity index (χ1n) is 9.30. The molecule has 2 fully saturated rings. The quantitative estimate of drug-likeness (QED) is 0.803. The Bertz CT molecular complexity index is 738. The average molecular weight is 380 g/mol. The number of aryl methyl sites for hydroxylation is 1. The molecular formula is C19H29N3O3S. The number of benzene rings is 1. The van der Waals surface area contributed by atoms with Crippen molar-refractivity contribution in [1.29, 1.82) is 0 Å². The zero-order chi connectivity index (χ0) is 18.8. The van der Waals surface area contributed by atoms with E-state index >= 15 is 0 Å². The molecule has 7 heteroatoms. The molecule has 2 aliphatic rings. The Morgan fingerprint density at radius 2 is 2.00 bits per heavy atom. The lowest BCUT2D eigenvalue weighted by atomic mass is 9.80. The number of piperidine rings is 1. The van der Waals surface area contributed by atoms with E-state index in [0.717, 1.165) is 31.5 Å². The third kappa shape index (κ3) is 4.27. The molecule has 2 atom stereocenters. The Hall–Kier alpha value is -1.44. The first kappa shape index (κ1) is 19.3. The summed E-state index contributed by atoms with van der Waals surface area (Å²) in [4.78, 5) is 13.9.